The molecule has 2 heterocycles. The van der Waals surface area contributed by atoms with E-state index >= 15 is 0 Å². The molecule has 1 atom stereocenters. The Morgan fingerprint density at radius 1 is 1.21 bits per heavy atom. The van der Waals surface area contributed by atoms with Crippen LogP contribution in [0.4, 0.5) is 0 Å². The predicted molar refractivity (Wildman–Crippen MR) is 111 cm³/mol. The number of aryl methyl sites for hydroxylation is 1. The lowest BCUT2D eigenvalue weighted by Gasteiger charge is -2.14. The molecule has 0 aliphatic carbocycles. The number of fused-ring (bicyclic) bond motifs is 1. The van der Waals surface area contributed by atoms with Gasteiger partial charge in [0.2, 0.25) is 5.78 Å². The molecule has 0 aromatic heterocycles. The molecular weight excluding hydrogens is 390 g/mol. The predicted octanol–water partition coefficient (Wildman–Crippen LogP) is 2.85. The summed E-state index contributed by atoms with van der Waals surface area (Å²) in [4.78, 5) is 12.8. The molecule has 7 heteroatoms. The van der Waals surface area contributed by atoms with Crippen molar-refractivity contribution in [1.82, 2.24) is 5.32 Å². The molecule has 0 radical (unpaired) electrons. The summed E-state index contributed by atoms with van der Waals surface area (Å²) in [5.74, 6) is 0.575. The van der Waals surface area contributed by atoms with E-state index in [0.717, 1.165) is 12.0 Å². The molecule has 2 N–H and O–H groups in total. The van der Waals surface area contributed by atoms with Gasteiger partial charge in [0.25, 0.3) is 0 Å². The van der Waals surface area contributed by atoms with E-state index in [-0.39, 0.29) is 41.4 Å². The van der Waals surface area contributed by atoms with Crippen LogP contribution in [0.2, 0.25) is 0 Å². The van der Waals surface area contributed by atoms with Gasteiger partial charge < -0.3 is 15.2 Å². The fraction of sp³-hybridized carbons (Fsp3) is 0.318. The number of phenolic OH excluding ortho intramolecular Hbond substituents is 1. The zero-order valence-electron chi connectivity index (χ0n) is 16.1. The third-order valence-corrected chi connectivity index (χ3v) is 7.17. The number of carbonyl (C=O) groups excluding carboxylic acids is 1. The molecule has 0 bridgehead atoms. The van der Waals surface area contributed by atoms with E-state index in [0.29, 0.717) is 23.3 Å². The molecule has 2 aromatic rings. The molecule has 2 aromatic carbocycles. The summed E-state index contributed by atoms with van der Waals surface area (Å²) in [5, 5.41) is 13.5. The Bertz CT molecular complexity index is 1090. The Morgan fingerprint density at radius 2 is 1.97 bits per heavy atom. The van der Waals surface area contributed by atoms with Crippen LogP contribution in [0.1, 0.15) is 40.4 Å². The van der Waals surface area contributed by atoms with Crippen molar-refractivity contribution < 1.29 is 23.1 Å². The first kappa shape index (κ1) is 19.7. The number of nitrogens with one attached hydrogen (secondary N) is 1. The Kier molecular flexibility index (Phi) is 5.19. The van der Waals surface area contributed by atoms with Gasteiger partial charge >= 0.3 is 0 Å². The number of ether oxygens (including phenoxy) is 1. The fourth-order valence-corrected chi connectivity index (χ4v) is 5.38. The Labute approximate surface area is 170 Å². The first-order valence-corrected chi connectivity index (χ1v) is 11.5. The molecule has 1 fully saturated rings. The third-order valence-electron chi connectivity index (χ3n) is 5.40. The van der Waals surface area contributed by atoms with E-state index in [2.05, 4.69) is 12.2 Å². The number of aromatic hydroxyl groups is 1. The second kappa shape index (κ2) is 7.65. The van der Waals surface area contributed by atoms with E-state index in [1.807, 2.05) is 24.3 Å². The molecule has 0 unspecified atom stereocenters. The molecule has 0 amide bonds. The number of phenols is 1. The minimum Gasteiger partial charge on any atom is -0.507 e. The zero-order chi connectivity index (χ0) is 20.6. The van der Waals surface area contributed by atoms with Crippen molar-refractivity contribution in [3.63, 3.8) is 0 Å². The van der Waals surface area contributed by atoms with E-state index in [9.17, 15) is 18.3 Å². The number of allylic oxidation sites excluding steroid dienone is 1. The molecule has 1 saturated heterocycles. The number of carbonyl (C=O) groups is 1. The van der Waals surface area contributed by atoms with Gasteiger partial charge in [-0.1, -0.05) is 31.2 Å². The number of sulfone groups is 1. The number of rotatable bonds is 5. The van der Waals surface area contributed by atoms with Gasteiger partial charge in [-0.15, -0.1) is 0 Å². The van der Waals surface area contributed by atoms with Crippen molar-refractivity contribution in [2.75, 3.05) is 11.5 Å². The van der Waals surface area contributed by atoms with Crippen molar-refractivity contribution in [3.8, 4) is 11.5 Å². The number of Topliss-reactive ketones (excluding diaryl/α,β-unsaturated/α-hetero) is 1. The van der Waals surface area contributed by atoms with Gasteiger partial charge in [0.05, 0.1) is 22.6 Å². The standard InChI is InChI=1S/C22H23NO5S/c1-2-14-3-5-15(6-4-14)11-20-21(25)17-7-8-19(24)18(22(17)28-20)12-23-16-9-10-29(26,27)13-16/h3-8,11,16,23-24H,2,9-10,12-13H2,1H3/b20-11-/t16-/m0/s1. The summed E-state index contributed by atoms with van der Waals surface area (Å²) >= 11 is 0. The van der Waals surface area contributed by atoms with Crippen molar-refractivity contribution in [3.05, 3.63) is 64.4 Å². The highest BCUT2D eigenvalue weighted by atomic mass is 32.2. The second-order valence-corrected chi connectivity index (χ2v) is 9.68. The van der Waals surface area contributed by atoms with Crippen LogP contribution in [0.25, 0.3) is 6.08 Å². The van der Waals surface area contributed by atoms with Gasteiger partial charge in [-0.25, -0.2) is 8.42 Å². The lowest BCUT2D eigenvalue weighted by molar-refractivity contribution is 0.101. The Hall–Kier alpha value is -2.64. The summed E-state index contributed by atoms with van der Waals surface area (Å²) in [6.45, 7) is 2.30. The molecule has 6 nitrogen and oxygen atoms in total. The largest absolute Gasteiger partial charge is 0.507 e. The fourth-order valence-electron chi connectivity index (χ4n) is 3.67. The summed E-state index contributed by atoms with van der Waals surface area (Å²) in [7, 11) is -3.00. The highest BCUT2D eigenvalue weighted by Gasteiger charge is 2.32. The average Bonchev–Trinajstić information content (AvgIpc) is 3.20. The molecule has 4 rings (SSSR count). The number of hydrogen-bond acceptors (Lipinski definition) is 6. The van der Waals surface area contributed by atoms with Gasteiger partial charge in [0.15, 0.2) is 15.6 Å². The summed E-state index contributed by atoms with van der Waals surface area (Å²) in [6, 6.07) is 10.8. The first-order chi connectivity index (χ1) is 13.9. The van der Waals surface area contributed by atoms with E-state index in [4.69, 9.17) is 4.74 Å². The normalized spacial score (nSPS) is 21.3. The number of benzene rings is 2. The highest BCUT2D eigenvalue weighted by Crippen LogP contribution is 2.39. The van der Waals surface area contributed by atoms with Crippen molar-refractivity contribution >= 4 is 21.7 Å². The quantitative estimate of drug-likeness (QED) is 0.733. The molecule has 0 saturated carbocycles. The Morgan fingerprint density at radius 3 is 2.62 bits per heavy atom. The van der Waals surface area contributed by atoms with Crippen LogP contribution in [0.5, 0.6) is 11.5 Å². The molecular formula is C22H23NO5S. The van der Waals surface area contributed by atoms with Crippen molar-refractivity contribution in [2.24, 2.45) is 0 Å². The average molecular weight is 413 g/mol. The zero-order valence-corrected chi connectivity index (χ0v) is 17.0. The van der Waals surface area contributed by atoms with Gasteiger partial charge in [-0.2, -0.15) is 0 Å². The van der Waals surface area contributed by atoms with E-state index in [1.165, 1.54) is 11.6 Å². The van der Waals surface area contributed by atoms with Gasteiger partial charge in [-0.3, -0.25) is 4.79 Å². The SMILES string of the molecule is CCc1ccc(/C=C2\Oc3c(ccc(O)c3CN[C@H]3CCS(=O)(=O)C3)C2=O)cc1. The number of ketones is 1. The summed E-state index contributed by atoms with van der Waals surface area (Å²) in [5.41, 5.74) is 2.93. The summed E-state index contributed by atoms with van der Waals surface area (Å²) in [6.07, 6.45) is 3.17. The smallest absolute Gasteiger partial charge is 0.231 e. The minimum absolute atomic E-state index is 0.0125. The molecule has 29 heavy (non-hydrogen) atoms. The third kappa shape index (κ3) is 4.06. The van der Waals surface area contributed by atoms with Crippen LogP contribution in [0.3, 0.4) is 0 Å². The highest BCUT2D eigenvalue weighted by molar-refractivity contribution is 7.91. The maximum Gasteiger partial charge on any atom is 0.231 e. The molecule has 152 valence electrons. The lowest BCUT2D eigenvalue weighted by atomic mass is 10.0. The van der Waals surface area contributed by atoms with Crippen molar-refractivity contribution in [1.29, 1.82) is 0 Å². The van der Waals surface area contributed by atoms with Gasteiger partial charge in [-0.05, 0) is 42.2 Å². The van der Waals surface area contributed by atoms with Crippen LogP contribution in [-0.4, -0.2) is 36.9 Å². The van der Waals surface area contributed by atoms with E-state index in [1.54, 1.807) is 12.1 Å². The maximum atomic E-state index is 12.8. The molecule has 2 aliphatic heterocycles. The maximum absolute atomic E-state index is 12.8. The van der Waals surface area contributed by atoms with Crippen LogP contribution >= 0.6 is 0 Å². The van der Waals surface area contributed by atoms with Gasteiger partial charge in [0, 0.05) is 12.6 Å². The van der Waals surface area contributed by atoms with E-state index < -0.39 is 9.84 Å². The van der Waals surface area contributed by atoms with Crippen LogP contribution in [-0.2, 0) is 22.8 Å². The minimum atomic E-state index is -3.00. The number of hydrogen-bond donors (Lipinski definition) is 2. The lowest BCUT2D eigenvalue weighted by Crippen LogP contribution is -2.29. The van der Waals surface area contributed by atoms with Crippen LogP contribution in [0, 0.1) is 0 Å². The topological polar surface area (TPSA) is 92.7 Å². The molecule has 2 aliphatic rings. The Balaban J connectivity index is 1.56. The molecule has 0 spiro atoms. The monoisotopic (exact) mass is 413 g/mol. The van der Waals surface area contributed by atoms with Gasteiger partial charge in [0.1, 0.15) is 11.5 Å². The van der Waals surface area contributed by atoms with Crippen LogP contribution < -0.4 is 10.1 Å². The van der Waals surface area contributed by atoms with Crippen LogP contribution in [0.15, 0.2) is 42.2 Å². The van der Waals surface area contributed by atoms with Crippen molar-refractivity contribution in [2.45, 2.75) is 32.4 Å². The first-order valence-electron chi connectivity index (χ1n) is 9.68. The second-order valence-electron chi connectivity index (χ2n) is 7.46. The summed E-state index contributed by atoms with van der Waals surface area (Å²) < 4.78 is 29.1.